The lowest BCUT2D eigenvalue weighted by atomic mass is 10.0. The van der Waals surface area contributed by atoms with Crippen LogP contribution in [0.25, 0.3) is 11.3 Å². The molecule has 0 bridgehead atoms. The van der Waals surface area contributed by atoms with E-state index in [1.807, 2.05) is 13.8 Å². The fraction of sp³-hybridized carbons (Fsp3) is 0.381. The van der Waals surface area contributed by atoms with Gasteiger partial charge in [-0.2, -0.15) is 0 Å². The third-order valence-electron chi connectivity index (χ3n) is 4.75. The maximum absolute atomic E-state index is 13.4. The quantitative estimate of drug-likeness (QED) is 0.695. The molecule has 1 saturated heterocycles. The van der Waals surface area contributed by atoms with Crippen LogP contribution in [0.1, 0.15) is 30.8 Å². The minimum atomic E-state index is -2.76. The summed E-state index contributed by atoms with van der Waals surface area (Å²) < 4.78 is 26.8. The molecule has 2 aromatic rings. The molecule has 0 radical (unpaired) electrons. The topological polar surface area (TPSA) is 88.3 Å². The number of nitrogens with one attached hydrogen (secondary N) is 1. The van der Waals surface area contributed by atoms with Crippen LogP contribution in [0, 0.1) is 5.92 Å². The summed E-state index contributed by atoms with van der Waals surface area (Å²) in [4.78, 5) is 30.3. The first-order chi connectivity index (χ1) is 14.1. The Morgan fingerprint density at radius 1 is 1.27 bits per heavy atom. The van der Waals surface area contributed by atoms with Crippen LogP contribution in [-0.2, 0) is 4.79 Å². The summed E-state index contributed by atoms with van der Waals surface area (Å²) in [5, 5.41) is 3.06. The number of carbonyl (C=O) groups is 2. The number of alkyl halides is 2. The molecule has 2 heterocycles. The van der Waals surface area contributed by atoms with E-state index >= 15 is 0 Å². The van der Waals surface area contributed by atoms with Crippen molar-refractivity contribution in [3.63, 3.8) is 0 Å². The molecule has 1 aliphatic heterocycles. The van der Waals surface area contributed by atoms with Crippen LogP contribution in [0.15, 0.2) is 36.4 Å². The van der Waals surface area contributed by atoms with Crippen molar-refractivity contribution in [3.8, 4) is 11.3 Å². The van der Waals surface area contributed by atoms with E-state index in [2.05, 4.69) is 10.3 Å². The van der Waals surface area contributed by atoms with Gasteiger partial charge in [-0.05, 0) is 36.6 Å². The average Bonchev–Trinajstić information content (AvgIpc) is 2.64. The number of nitrogens with two attached hydrogens (primary N) is 1. The molecule has 0 aliphatic carbocycles. The number of amides is 2. The van der Waals surface area contributed by atoms with Crippen molar-refractivity contribution in [3.05, 3.63) is 47.1 Å². The monoisotopic (exact) mass is 436 g/mol. The molecule has 6 nitrogen and oxygen atoms in total. The Hall–Kier alpha value is -2.74. The summed E-state index contributed by atoms with van der Waals surface area (Å²) in [5.41, 5.74) is 6.88. The Balaban J connectivity index is 1.94. The van der Waals surface area contributed by atoms with Crippen molar-refractivity contribution in [1.29, 1.82) is 0 Å². The first-order valence-corrected chi connectivity index (χ1v) is 9.93. The Morgan fingerprint density at radius 3 is 2.53 bits per heavy atom. The van der Waals surface area contributed by atoms with Gasteiger partial charge < -0.3 is 16.0 Å². The summed E-state index contributed by atoms with van der Waals surface area (Å²) in [7, 11) is 0. The number of halogens is 3. The number of benzene rings is 1. The summed E-state index contributed by atoms with van der Waals surface area (Å²) in [6.07, 6.45) is 0.392. The molecular weight excluding hydrogens is 414 g/mol. The van der Waals surface area contributed by atoms with Crippen LogP contribution >= 0.6 is 11.6 Å². The number of carbonyl (C=O) groups excluding carboxylic acids is 2. The van der Waals surface area contributed by atoms with Crippen LogP contribution < -0.4 is 16.0 Å². The lowest BCUT2D eigenvalue weighted by Crippen LogP contribution is -2.56. The number of pyridine rings is 1. The molecule has 30 heavy (non-hydrogen) atoms. The highest BCUT2D eigenvalue weighted by Crippen LogP contribution is 2.37. The van der Waals surface area contributed by atoms with Crippen LogP contribution in [0.2, 0.25) is 5.02 Å². The molecule has 2 amide bonds. The molecule has 0 saturated carbocycles. The lowest BCUT2D eigenvalue weighted by molar-refractivity contribution is -0.120. The smallest absolute Gasteiger partial charge is 0.282 e. The summed E-state index contributed by atoms with van der Waals surface area (Å²) in [6.45, 7) is 2.97. The van der Waals surface area contributed by atoms with Crippen molar-refractivity contribution < 1.29 is 18.4 Å². The zero-order valence-electron chi connectivity index (χ0n) is 16.7. The van der Waals surface area contributed by atoms with Crippen LogP contribution in [0.5, 0.6) is 0 Å². The Morgan fingerprint density at radius 2 is 1.97 bits per heavy atom. The molecule has 1 aromatic heterocycles. The average molecular weight is 437 g/mol. The number of hydrogen-bond acceptors (Lipinski definition) is 4. The highest BCUT2D eigenvalue weighted by Gasteiger charge is 2.44. The third-order valence-corrected chi connectivity index (χ3v) is 4.98. The largest absolute Gasteiger partial charge is 0.368 e. The molecule has 0 spiro atoms. The van der Waals surface area contributed by atoms with Gasteiger partial charge in [0, 0.05) is 10.6 Å². The van der Waals surface area contributed by atoms with Gasteiger partial charge in [0.15, 0.2) is 0 Å². The van der Waals surface area contributed by atoms with E-state index in [1.54, 1.807) is 30.3 Å². The van der Waals surface area contributed by atoms with Crippen molar-refractivity contribution in [1.82, 2.24) is 10.3 Å². The molecular formula is C21H23ClF2N4O2. The molecule has 1 aromatic carbocycles. The second kappa shape index (κ2) is 8.55. The maximum atomic E-state index is 13.4. The third kappa shape index (κ3) is 5.05. The second-order valence-corrected chi connectivity index (χ2v) is 8.28. The van der Waals surface area contributed by atoms with Gasteiger partial charge in [0.05, 0.1) is 24.5 Å². The number of aromatic nitrogens is 1. The highest BCUT2D eigenvalue weighted by atomic mass is 35.5. The van der Waals surface area contributed by atoms with Gasteiger partial charge in [-0.3, -0.25) is 9.59 Å². The predicted molar refractivity (Wildman–Crippen MR) is 112 cm³/mol. The molecule has 1 fully saturated rings. The number of anilines is 1. The van der Waals surface area contributed by atoms with Gasteiger partial charge in [-0.25, -0.2) is 13.8 Å². The molecule has 1 aliphatic rings. The second-order valence-electron chi connectivity index (χ2n) is 7.84. The molecule has 160 valence electrons. The minimum Gasteiger partial charge on any atom is -0.368 e. The van der Waals surface area contributed by atoms with E-state index in [0.717, 1.165) is 0 Å². The summed E-state index contributed by atoms with van der Waals surface area (Å²) in [6, 6.07) is 8.98. The SMILES string of the molecule is CC(C)CC(NC(=O)c1ccc(N2CC(F)(F)C2)c(-c2cccc(Cl)c2)n1)C(N)=O. The van der Waals surface area contributed by atoms with Gasteiger partial charge in [0.25, 0.3) is 11.8 Å². The molecule has 1 unspecified atom stereocenters. The summed E-state index contributed by atoms with van der Waals surface area (Å²) >= 11 is 6.08. The van der Waals surface area contributed by atoms with Gasteiger partial charge in [0.1, 0.15) is 11.7 Å². The van der Waals surface area contributed by atoms with Gasteiger partial charge in [0.2, 0.25) is 5.91 Å². The van der Waals surface area contributed by atoms with E-state index < -0.39 is 36.9 Å². The van der Waals surface area contributed by atoms with E-state index in [0.29, 0.717) is 28.4 Å². The van der Waals surface area contributed by atoms with E-state index in [4.69, 9.17) is 17.3 Å². The van der Waals surface area contributed by atoms with Crippen LogP contribution in [0.4, 0.5) is 14.5 Å². The van der Waals surface area contributed by atoms with Crippen LogP contribution in [-0.4, -0.2) is 41.9 Å². The van der Waals surface area contributed by atoms with Crippen molar-refractivity contribution in [2.75, 3.05) is 18.0 Å². The fourth-order valence-electron chi connectivity index (χ4n) is 3.31. The molecule has 1 atom stereocenters. The van der Waals surface area contributed by atoms with Crippen molar-refractivity contribution in [2.24, 2.45) is 11.7 Å². The Kier molecular flexibility index (Phi) is 6.26. The highest BCUT2D eigenvalue weighted by molar-refractivity contribution is 6.30. The molecule has 9 heteroatoms. The number of nitrogens with zero attached hydrogens (tertiary/aromatic N) is 2. The molecule has 3 N–H and O–H groups in total. The predicted octanol–water partition coefficient (Wildman–Crippen LogP) is 3.49. The Labute approximate surface area is 178 Å². The van der Waals surface area contributed by atoms with Gasteiger partial charge in [-0.1, -0.05) is 37.6 Å². The van der Waals surface area contributed by atoms with Crippen LogP contribution in [0.3, 0.4) is 0 Å². The van der Waals surface area contributed by atoms with Crippen molar-refractivity contribution in [2.45, 2.75) is 32.2 Å². The first kappa shape index (κ1) is 22.0. The zero-order valence-corrected chi connectivity index (χ0v) is 17.4. The standard InChI is InChI=1S/C21H23ClF2N4O2/c1-12(2)8-16(19(25)29)27-20(30)15-6-7-17(28-10-21(23,24)11-28)18(26-15)13-4-3-5-14(22)9-13/h3-7,9,12,16H,8,10-11H2,1-2H3,(H2,25,29)(H,27,30). The minimum absolute atomic E-state index is 0.0519. The Bertz CT molecular complexity index is 960. The summed E-state index contributed by atoms with van der Waals surface area (Å²) in [5.74, 6) is -3.81. The fourth-order valence-corrected chi connectivity index (χ4v) is 3.50. The van der Waals surface area contributed by atoms with E-state index in [9.17, 15) is 18.4 Å². The number of primary amides is 1. The van der Waals surface area contributed by atoms with Gasteiger partial charge in [-0.15, -0.1) is 0 Å². The zero-order chi connectivity index (χ0) is 22.1. The lowest BCUT2D eigenvalue weighted by Gasteiger charge is -2.41. The number of hydrogen-bond donors (Lipinski definition) is 2. The number of rotatable bonds is 7. The van der Waals surface area contributed by atoms with E-state index in [1.165, 1.54) is 11.0 Å². The van der Waals surface area contributed by atoms with E-state index in [-0.39, 0.29) is 11.6 Å². The molecule has 3 rings (SSSR count). The normalized spacial score (nSPS) is 16.1. The van der Waals surface area contributed by atoms with Crippen molar-refractivity contribution >= 4 is 29.1 Å². The maximum Gasteiger partial charge on any atom is 0.282 e. The van der Waals surface area contributed by atoms with Gasteiger partial charge >= 0.3 is 0 Å². The first-order valence-electron chi connectivity index (χ1n) is 9.55.